The quantitative estimate of drug-likeness (QED) is 0.300. The molecule has 5 amide bonds. The number of aryl methyl sites for hydroxylation is 1. The highest BCUT2D eigenvalue weighted by atomic mass is 35.5. The molecule has 1 saturated heterocycles. The maximum atomic E-state index is 13.8. The Morgan fingerprint density at radius 1 is 1.08 bits per heavy atom. The van der Waals surface area contributed by atoms with Gasteiger partial charge in [-0.25, -0.2) is 14.1 Å². The summed E-state index contributed by atoms with van der Waals surface area (Å²) in [6.07, 6.45) is 1.23. The molecule has 4 rings (SSSR count). The number of imide groups is 2. The van der Waals surface area contributed by atoms with Crippen LogP contribution in [0.15, 0.2) is 60.2 Å². The first-order valence-electron chi connectivity index (χ1n) is 11.3. The first-order chi connectivity index (χ1) is 18.6. The Bertz CT molecular complexity index is 1540. The minimum Gasteiger partial charge on any atom is -0.493 e. The number of anilines is 2. The van der Waals surface area contributed by atoms with Crippen molar-refractivity contribution in [2.24, 2.45) is 0 Å². The maximum Gasteiger partial charge on any atom is 0.335 e. The van der Waals surface area contributed by atoms with Gasteiger partial charge in [0.05, 0.1) is 23.5 Å². The molecule has 2 N–H and O–H groups in total. The fraction of sp³-hybridized carbons (Fsp3) is 0.111. The number of benzene rings is 3. The third kappa shape index (κ3) is 6.02. The lowest BCUT2D eigenvalue weighted by Crippen LogP contribution is -2.54. The Morgan fingerprint density at radius 2 is 1.82 bits per heavy atom. The number of ether oxygens (including phenoxy) is 2. The molecule has 0 radical (unpaired) electrons. The summed E-state index contributed by atoms with van der Waals surface area (Å²) in [5, 5.41) is 4.86. The van der Waals surface area contributed by atoms with Gasteiger partial charge in [-0.05, 0) is 60.5 Å². The van der Waals surface area contributed by atoms with E-state index in [4.69, 9.17) is 32.7 Å². The van der Waals surface area contributed by atoms with Crippen LogP contribution in [0.5, 0.6) is 11.5 Å². The molecule has 12 heteroatoms. The highest BCUT2D eigenvalue weighted by Gasteiger charge is 2.37. The summed E-state index contributed by atoms with van der Waals surface area (Å²) in [4.78, 5) is 51.2. The summed E-state index contributed by atoms with van der Waals surface area (Å²) >= 11 is 12.5. The second-order valence-corrected chi connectivity index (χ2v) is 9.06. The molecule has 0 saturated carbocycles. The van der Waals surface area contributed by atoms with E-state index in [9.17, 15) is 23.6 Å². The monoisotopic (exact) mass is 571 g/mol. The lowest BCUT2D eigenvalue weighted by molar-refractivity contribution is -0.122. The SMILES string of the molecule is COc1cc(/C=C2\C(=O)NC(=O)N(c3ccc(C)c(Cl)c3)C2=O)cc(Cl)c1OCC(=O)Nc1ccccc1F. The van der Waals surface area contributed by atoms with Gasteiger partial charge in [0, 0.05) is 5.02 Å². The Kier molecular flexibility index (Phi) is 8.18. The number of rotatable bonds is 7. The van der Waals surface area contributed by atoms with Crippen LogP contribution in [0.3, 0.4) is 0 Å². The van der Waals surface area contributed by atoms with Crippen LogP contribution >= 0.6 is 23.2 Å². The zero-order valence-electron chi connectivity index (χ0n) is 20.5. The average molecular weight is 572 g/mol. The Balaban J connectivity index is 1.57. The van der Waals surface area contributed by atoms with Crippen LogP contribution in [0.4, 0.5) is 20.6 Å². The smallest absolute Gasteiger partial charge is 0.335 e. The lowest BCUT2D eigenvalue weighted by atomic mass is 10.1. The predicted octanol–water partition coefficient (Wildman–Crippen LogP) is 5.13. The van der Waals surface area contributed by atoms with E-state index in [0.717, 1.165) is 10.5 Å². The molecule has 0 atom stereocenters. The highest BCUT2D eigenvalue weighted by Crippen LogP contribution is 2.37. The number of methoxy groups -OCH3 is 1. The van der Waals surface area contributed by atoms with Gasteiger partial charge < -0.3 is 14.8 Å². The molecule has 3 aromatic carbocycles. The van der Waals surface area contributed by atoms with E-state index in [1.807, 2.05) is 0 Å². The molecule has 9 nitrogen and oxygen atoms in total. The van der Waals surface area contributed by atoms with Crippen molar-refractivity contribution in [3.05, 3.63) is 87.2 Å². The summed E-state index contributed by atoms with van der Waals surface area (Å²) in [6.45, 7) is 1.25. The summed E-state index contributed by atoms with van der Waals surface area (Å²) < 4.78 is 24.6. The highest BCUT2D eigenvalue weighted by molar-refractivity contribution is 6.39. The van der Waals surface area contributed by atoms with Gasteiger partial charge in [0.1, 0.15) is 11.4 Å². The molecular formula is C27H20Cl2FN3O6. The third-order valence-corrected chi connectivity index (χ3v) is 6.26. The molecule has 1 heterocycles. The van der Waals surface area contributed by atoms with E-state index >= 15 is 0 Å². The largest absolute Gasteiger partial charge is 0.493 e. The molecule has 1 fully saturated rings. The van der Waals surface area contributed by atoms with Gasteiger partial charge in [0.2, 0.25) is 0 Å². The van der Waals surface area contributed by atoms with Crippen LogP contribution in [0.2, 0.25) is 10.0 Å². The third-order valence-electron chi connectivity index (χ3n) is 5.57. The average Bonchev–Trinajstić information content (AvgIpc) is 2.89. The number of hydrogen-bond donors (Lipinski definition) is 2. The molecule has 0 aliphatic carbocycles. The number of nitrogens with one attached hydrogen (secondary N) is 2. The summed E-state index contributed by atoms with van der Waals surface area (Å²) in [7, 11) is 1.33. The summed E-state index contributed by atoms with van der Waals surface area (Å²) in [6, 6.07) is 12.1. The van der Waals surface area contributed by atoms with Gasteiger partial charge in [0.25, 0.3) is 17.7 Å². The number of nitrogens with zero attached hydrogens (tertiary/aromatic N) is 1. The summed E-state index contributed by atoms with van der Waals surface area (Å²) in [5.74, 6) is -2.92. The van der Waals surface area contributed by atoms with Crippen molar-refractivity contribution in [3.8, 4) is 11.5 Å². The maximum absolute atomic E-state index is 13.8. The van der Waals surface area contributed by atoms with Gasteiger partial charge in [-0.3, -0.25) is 19.7 Å². The van der Waals surface area contributed by atoms with Gasteiger partial charge >= 0.3 is 6.03 Å². The van der Waals surface area contributed by atoms with Crippen molar-refractivity contribution in [1.82, 2.24) is 5.32 Å². The predicted molar refractivity (Wildman–Crippen MR) is 144 cm³/mol. The van der Waals surface area contributed by atoms with E-state index in [1.54, 1.807) is 19.1 Å². The van der Waals surface area contributed by atoms with E-state index in [-0.39, 0.29) is 39.0 Å². The van der Waals surface area contributed by atoms with Gasteiger partial charge in [-0.2, -0.15) is 0 Å². The van der Waals surface area contributed by atoms with Crippen molar-refractivity contribution in [1.29, 1.82) is 0 Å². The van der Waals surface area contributed by atoms with Gasteiger partial charge in [-0.1, -0.05) is 41.4 Å². The number of urea groups is 1. The zero-order valence-corrected chi connectivity index (χ0v) is 22.0. The molecule has 3 aromatic rings. The molecule has 0 aromatic heterocycles. The Hall–Kier alpha value is -4.41. The van der Waals surface area contributed by atoms with Crippen LogP contribution in [-0.2, 0) is 14.4 Å². The lowest BCUT2D eigenvalue weighted by Gasteiger charge is -2.26. The van der Waals surface area contributed by atoms with Gasteiger partial charge in [-0.15, -0.1) is 0 Å². The number of hydrogen-bond acceptors (Lipinski definition) is 6. The summed E-state index contributed by atoms with van der Waals surface area (Å²) in [5.41, 5.74) is 0.837. The number of barbiturate groups is 1. The number of para-hydroxylation sites is 1. The van der Waals surface area contributed by atoms with E-state index in [2.05, 4.69) is 10.6 Å². The topological polar surface area (TPSA) is 114 Å². The Morgan fingerprint density at radius 3 is 2.51 bits per heavy atom. The van der Waals surface area contributed by atoms with Crippen LogP contribution in [0.25, 0.3) is 6.08 Å². The normalized spacial score (nSPS) is 14.3. The van der Waals surface area contributed by atoms with Crippen molar-refractivity contribution >= 4 is 64.4 Å². The number of carbonyl (C=O) groups excluding carboxylic acids is 4. The van der Waals surface area contributed by atoms with Crippen LogP contribution in [0, 0.1) is 12.7 Å². The van der Waals surface area contributed by atoms with E-state index in [1.165, 1.54) is 55.7 Å². The molecule has 0 spiro atoms. The van der Waals surface area contributed by atoms with Crippen molar-refractivity contribution in [3.63, 3.8) is 0 Å². The van der Waals surface area contributed by atoms with E-state index < -0.39 is 36.2 Å². The first kappa shape index (κ1) is 27.6. The standard InChI is InChI=1S/C27H20Cl2FN3O6/c1-14-7-8-16(12-18(14)28)33-26(36)17(25(35)32-27(33)37)9-15-10-19(29)24(22(11-15)38-2)39-13-23(34)31-21-6-4-3-5-20(21)30/h3-12H,13H2,1-2H3,(H,31,34)(H,32,35,37)/b17-9+. The van der Waals surface area contributed by atoms with Crippen LogP contribution < -0.4 is 25.0 Å². The minimum absolute atomic E-state index is 0.00167. The molecule has 0 unspecified atom stereocenters. The van der Waals surface area contributed by atoms with Gasteiger partial charge in [0.15, 0.2) is 18.1 Å². The molecule has 0 bridgehead atoms. The Labute approximate surface area is 232 Å². The minimum atomic E-state index is -0.921. The number of carbonyl (C=O) groups is 4. The molecule has 1 aliphatic heterocycles. The number of halogens is 3. The van der Waals surface area contributed by atoms with Crippen molar-refractivity contribution in [2.75, 3.05) is 23.9 Å². The molecule has 1 aliphatic rings. The van der Waals surface area contributed by atoms with Crippen LogP contribution in [0.1, 0.15) is 11.1 Å². The molecular weight excluding hydrogens is 552 g/mol. The molecule has 39 heavy (non-hydrogen) atoms. The first-order valence-corrected chi connectivity index (χ1v) is 12.1. The van der Waals surface area contributed by atoms with Crippen molar-refractivity contribution < 1.29 is 33.0 Å². The zero-order chi connectivity index (χ0) is 28.3. The second kappa shape index (κ2) is 11.5. The number of amides is 5. The second-order valence-electron chi connectivity index (χ2n) is 8.24. The molecule has 200 valence electrons. The fourth-order valence-electron chi connectivity index (χ4n) is 3.63. The van der Waals surface area contributed by atoms with E-state index in [0.29, 0.717) is 5.02 Å². The fourth-order valence-corrected chi connectivity index (χ4v) is 4.08. The van der Waals surface area contributed by atoms with Crippen LogP contribution in [-0.4, -0.2) is 37.5 Å². The van der Waals surface area contributed by atoms with Crippen molar-refractivity contribution in [2.45, 2.75) is 6.92 Å².